The summed E-state index contributed by atoms with van der Waals surface area (Å²) in [6, 6.07) is 0. The fourth-order valence-corrected chi connectivity index (χ4v) is 1.13. The summed E-state index contributed by atoms with van der Waals surface area (Å²) in [4.78, 5) is 0. The molecular formula is C8H20NS+. The molecule has 0 amide bonds. The first kappa shape index (κ1) is 10.3. The lowest BCUT2D eigenvalue weighted by Gasteiger charge is -2.31. The molecule has 0 aromatic heterocycles. The maximum atomic E-state index is 4.20. The lowest BCUT2D eigenvalue weighted by Crippen LogP contribution is -2.44. The van der Waals surface area contributed by atoms with Gasteiger partial charge >= 0.3 is 0 Å². The molecule has 2 heteroatoms. The van der Waals surface area contributed by atoms with Crippen molar-refractivity contribution in [3.05, 3.63) is 0 Å². The molecule has 0 N–H and O–H groups in total. The zero-order valence-electron chi connectivity index (χ0n) is 7.43. The second kappa shape index (κ2) is 5.03. The van der Waals surface area contributed by atoms with Crippen molar-refractivity contribution in [3.63, 3.8) is 0 Å². The van der Waals surface area contributed by atoms with Gasteiger partial charge in [0.1, 0.15) is 0 Å². The molecule has 0 heterocycles. The standard InChI is InChI=1S/C8H19NS/c1-4-9(3,5-2)7-6-8-10/h4-8H2,1-3H3/p+1. The van der Waals surface area contributed by atoms with E-state index in [1.54, 1.807) is 0 Å². The Bertz CT molecular complexity index is 79.3. The Hall–Kier alpha value is 0.310. The third-order valence-corrected chi connectivity index (χ3v) is 2.70. The van der Waals surface area contributed by atoms with Crippen LogP contribution in [0.2, 0.25) is 0 Å². The van der Waals surface area contributed by atoms with E-state index in [0.29, 0.717) is 0 Å². The Morgan fingerprint density at radius 3 is 2.00 bits per heavy atom. The largest absolute Gasteiger partial charge is 0.326 e. The van der Waals surface area contributed by atoms with Crippen molar-refractivity contribution in [1.29, 1.82) is 0 Å². The fraction of sp³-hybridized carbons (Fsp3) is 1.00. The second-order valence-electron chi connectivity index (χ2n) is 3.05. The summed E-state index contributed by atoms with van der Waals surface area (Å²) < 4.78 is 1.20. The number of hydrogen-bond donors (Lipinski definition) is 1. The second-order valence-corrected chi connectivity index (χ2v) is 3.50. The number of hydrogen-bond acceptors (Lipinski definition) is 1. The highest BCUT2D eigenvalue weighted by atomic mass is 32.1. The molecule has 0 aliphatic heterocycles. The minimum absolute atomic E-state index is 1.02. The first-order valence-electron chi connectivity index (χ1n) is 4.13. The van der Waals surface area contributed by atoms with Crippen LogP contribution >= 0.6 is 12.6 Å². The van der Waals surface area contributed by atoms with Crippen molar-refractivity contribution < 1.29 is 4.48 Å². The number of nitrogens with zero attached hydrogens (tertiary/aromatic N) is 1. The molecule has 0 fully saturated rings. The molecular weight excluding hydrogens is 142 g/mol. The molecule has 0 atom stereocenters. The third-order valence-electron chi connectivity index (χ3n) is 2.38. The molecule has 0 rings (SSSR count). The molecule has 0 aliphatic rings. The molecule has 0 spiro atoms. The van der Waals surface area contributed by atoms with Crippen molar-refractivity contribution in [2.45, 2.75) is 20.3 Å². The predicted molar refractivity (Wildman–Crippen MR) is 50.6 cm³/mol. The Balaban J connectivity index is 3.58. The van der Waals surface area contributed by atoms with E-state index >= 15 is 0 Å². The number of rotatable bonds is 5. The quantitative estimate of drug-likeness (QED) is 0.462. The van der Waals surface area contributed by atoms with Crippen LogP contribution in [-0.2, 0) is 0 Å². The summed E-state index contributed by atoms with van der Waals surface area (Å²) in [5.74, 6) is 1.02. The molecule has 0 unspecified atom stereocenters. The van der Waals surface area contributed by atoms with E-state index in [0.717, 1.165) is 5.75 Å². The van der Waals surface area contributed by atoms with Gasteiger partial charge in [0.2, 0.25) is 0 Å². The summed E-state index contributed by atoms with van der Waals surface area (Å²) in [5.41, 5.74) is 0. The topological polar surface area (TPSA) is 0 Å². The van der Waals surface area contributed by atoms with E-state index in [9.17, 15) is 0 Å². The van der Waals surface area contributed by atoms with E-state index in [1.807, 2.05) is 0 Å². The summed E-state index contributed by atoms with van der Waals surface area (Å²) in [7, 11) is 2.31. The number of thiol groups is 1. The smallest absolute Gasteiger partial charge is 0.0792 e. The fourth-order valence-electron chi connectivity index (χ4n) is 0.992. The van der Waals surface area contributed by atoms with Crippen LogP contribution in [0.3, 0.4) is 0 Å². The molecule has 62 valence electrons. The van der Waals surface area contributed by atoms with E-state index in [1.165, 1.54) is 30.5 Å². The first-order valence-corrected chi connectivity index (χ1v) is 4.76. The molecule has 0 aromatic carbocycles. The highest BCUT2D eigenvalue weighted by Crippen LogP contribution is 2.02. The normalized spacial score (nSPS) is 12.0. The Kier molecular flexibility index (Phi) is 5.18. The summed E-state index contributed by atoms with van der Waals surface area (Å²) in [6.45, 7) is 8.26. The first-order chi connectivity index (χ1) is 4.68. The van der Waals surface area contributed by atoms with Gasteiger partial charge in [0.25, 0.3) is 0 Å². The monoisotopic (exact) mass is 162 g/mol. The third kappa shape index (κ3) is 3.47. The van der Waals surface area contributed by atoms with E-state index in [-0.39, 0.29) is 0 Å². The van der Waals surface area contributed by atoms with Crippen LogP contribution in [0.25, 0.3) is 0 Å². The highest BCUT2D eigenvalue weighted by molar-refractivity contribution is 7.80. The SMILES string of the molecule is CC[N+](C)(CC)CCCS. The van der Waals surface area contributed by atoms with Crippen LogP contribution in [0.5, 0.6) is 0 Å². The average molecular weight is 162 g/mol. The van der Waals surface area contributed by atoms with Gasteiger partial charge in [0.15, 0.2) is 0 Å². The van der Waals surface area contributed by atoms with Crippen LogP contribution < -0.4 is 0 Å². The van der Waals surface area contributed by atoms with E-state index < -0.39 is 0 Å². The Labute approximate surface area is 70.4 Å². The Morgan fingerprint density at radius 2 is 1.70 bits per heavy atom. The van der Waals surface area contributed by atoms with Gasteiger partial charge in [0.05, 0.1) is 26.7 Å². The molecule has 0 aromatic rings. The van der Waals surface area contributed by atoms with Gasteiger partial charge in [-0.3, -0.25) is 0 Å². The maximum Gasteiger partial charge on any atom is 0.0792 e. The zero-order chi connectivity index (χ0) is 8.04. The molecule has 0 aliphatic carbocycles. The molecule has 0 bridgehead atoms. The minimum atomic E-state index is 1.02. The Morgan fingerprint density at radius 1 is 1.20 bits per heavy atom. The molecule has 0 saturated heterocycles. The van der Waals surface area contributed by atoms with Crippen LogP contribution in [0.1, 0.15) is 20.3 Å². The van der Waals surface area contributed by atoms with Gasteiger partial charge in [-0.1, -0.05) is 0 Å². The van der Waals surface area contributed by atoms with Crippen LogP contribution in [-0.4, -0.2) is 36.9 Å². The summed E-state index contributed by atoms with van der Waals surface area (Å²) in [6.07, 6.45) is 1.24. The van der Waals surface area contributed by atoms with Gasteiger partial charge in [-0.05, 0) is 19.6 Å². The van der Waals surface area contributed by atoms with Gasteiger partial charge < -0.3 is 4.48 Å². The zero-order valence-corrected chi connectivity index (χ0v) is 8.32. The lowest BCUT2D eigenvalue weighted by molar-refractivity contribution is -0.906. The average Bonchev–Trinajstić information content (AvgIpc) is 2.00. The van der Waals surface area contributed by atoms with Gasteiger partial charge in [-0.15, -0.1) is 0 Å². The lowest BCUT2D eigenvalue weighted by atomic mass is 10.3. The van der Waals surface area contributed by atoms with Gasteiger partial charge in [-0.25, -0.2) is 0 Å². The van der Waals surface area contributed by atoms with Crippen molar-refractivity contribution in [1.82, 2.24) is 0 Å². The predicted octanol–water partition coefficient (Wildman–Crippen LogP) is 1.79. The number of quaternary nitrogens is 1. The van der Waals surface area contributed by atoms with E-state index in [2.05, 4.69) is 33.5 Å². The minimum Gasteiger partial charge on any atom is -0.326 e. The van der Waals surface area contributed by atoms with Crippen molar-refractivity contribution >= 4 is 12.6 Å². The molecule has 0 radical (unpaired) electrons. The summed E-state index contributed by atoms with van der Waals surface area (Å²) >= 11 is 4.20. The highest BCUT2D eigenvalue weighted by Gasteiger charge is 2.14. The van der Waals surface area contributed by atoms with Crippen molar-refractivity contribution in [2.75, 3.05) is 32.4 Å². The van der Waals surface area contributed by atoms with Gasteiger partial charge in [-0.2, -0.15) is 12.6 Å². The van der Waals surface area contributed by atoms with Crippen molar-refractivity contribution in [2.24, 2.45) is 0 Å². The maximum absolute atomic E-state index is 4.20. The molecule has 10 heavy (non-hydrogen) atoms. The molecule has 0 saturated carbocycles. The van der Waals surface area contributed by atoms with Crippen LogP contribution in [0.4, 0.5) is 0 Å². The van der Waals surface area contributed by atoms with Gasteiger partial charge in [0, 0.05) is 6.42 Å². The van der Waals surface area contributed by atoms with Crippen molar-refractivity contribution in [3.8, 4) is 0 Å². The van der Waals surface area contributed by atoms with Crippen LogP contribution in [0, 0.1) is 0 Å². The summed E-state index contributed by atoms with van der Waals surface area (Å²) in [5, 5.41) is 0. The molecule has 1 nitrogen and oxygen atoms in total. The van der Waals surface area contributed by atoms with Crippen LogP contribution in [0.15, 0.2) is 0 Å². The van der Waals surface area contributed by atoms with E-state index in [4.69, 9.17) is 0 Å².